The second kappa shape index (κ2) is 18.4. The van der Waals surface area contributed by atoms with Crippen LogP contribution in [0, 0.1) is 17.8 Å². The van der Waals surface area contributed by atoms with Gasteiger partial charge in [0.05, 0.1) is 28.8 Å². The van der Waals surface area contributed by atoms with Crippen molar-refractivity contribution < 1.29 is 55.3 Å². The Kier molecular flexibility index (Phi) is 13.5. The minimum absolute atomic E-state index is 0.0389. The lowest BCUT2D eigenvalue weighted by Gasteiger charge is -2.45. The van der Waals surface area contributed by atoms with Crippen LogP contribution in [0.5, 0.6) is 11.5 Å². The monoisotopic (exact) mass is 952 g/mol. The number of halogens is 3. The first-order valence-corrected chi connectivity index (χ1v) is 24.2. The van der Waals surface area contributed by atoms with Crippen LogP contribution in [0.1, 0.15) is 93.4 Å². The van der Waals surface area contributed by atoms with Gasteiger partial charge in [0.2, 0.25) is 21.8 Å². The van der Waals surface area contributed by atoms with Gasteiger partial charge in [-0.25, -0.2) is 18.2 Å². The standard InChI is InChI=1S/C48H59F3N6O9S/c1-28(2)65-34-16-14-31(15-17-34)37-22-35(23-38(53-37)32-12-10-20-52-26-32)66-36-24-39-41(58)54-47(43(60)55-67(63,64)46(7)18-19-46)25-33(47)13-9-8-11-29(3)21-30(4)40(42(59)56(39)27-36)57(44(61)62)45(5,6)48(49,50)51/h9-10,12-17,20,22-23,26,28-30,33,36,39-40H,8,11,18-19,21,24-25,27H2,1-7H3,(H,54,58)(H,55,60)(H,61,62)/b13-9-/t29-,30+,33+,36+,39-,40-,47+/m0/s1. The number of alkyl halides is 3. The fourth-order valence-electron chi connectivity index (χ4n) is 9.14. The van der Waals surface area contributed by atoms with Crippen LogP contribution in [-0.2, 0) is 24.4 Å². The molecule has 7 rings (SSSR count). The van der Waals surface area contributed by atoms with Crippen molar-refractivity contribution in [3.8, 4) is 34.0 Å². The third kappa shape index (κ3) is 10.3. The summed E-state index contributed by atoms with van der Waals surface area (Å²) in [5.41, 5.74) is -2.50. The number of ether oxygens (including phenoxy) is 2. The first kappa shape index (κ1) is 49.2. The van der Waals surface area contributed by atoms with E-state index in [9.17, 15) is 41.1 Å². The van der Waals surface area contributed by atoms with E-state index >= 15 is 4.79 Å². The zero-order chi connectivity index (χ0) is 48.9. The number of carboxylic acid groups (broad SMARTS) is 1. The van der Waals surface area contributed by atoms with E-state index in [0.717, 1.165) is 4.90 Å². The van der Waals surface area contributed by atoms with Crippen molar-refractivity contribution in [2.24, 2.45) is 17.8 Å². The van der Waals surface area contributed by atoms with E-state index in [1.54, 1.807) is 54.9 Å². The minimum atomic E-state index is -5.11. The maximum Gasteiger partial charge on any atom is 0.411 e. The number of fused-ring (bicyclic) bond motifs is 2. The van der Waals surface area contributed by atoms with Gasteiger partial charge in [0, 0.05) is 48.0 Å². The van der Waals surface area contributed by atoms with Gasteiger partial charge in [0.25, 0.3) is 5.91 Å². The first-order chi connectivity index (χ1) is 31.4. The van der Waals surface area contributed by atoms with E-state index in [1.807, 2.05) is 39.0 Å². The molecule has 3 N–H and O–H groups in total. The van der Waals surface area contributed by atoms with Crippen molar-refractivity contribution in [2.75, 3.05) is 6.54 Å². The molecule has 2 aromatic heterocycles. The Balaban J connectivity index is 1.30. The zero-order valence-electron chi connectivity index (χ0n) is 38.7. The summed E-state index contributed by atoms with van der Waals surface area (Å²) < 4.78 is 84.8. The Labute approximate surface area is 388 Å². The number of benzene rings is 1. The molecule has 1 saturated heterocycles. The van der Waals surface area contributed by atoms with Crippen LogP contribution in [0.4, 0.5) is 18.0 Å². The van der Waals surface area contributed by atoms with Gasteiger partial charge in [0.1, 0.15) is 40.8 Å². The van der Waals surface area contributed by atoms with E-state index in [0.29, 0.717) is 67.8 Å². The Morgan fingerprint density at radius 1 is 1.01 bits per heavy atom. The summed E-state index contributed by atoms with van der Waals surface area (Å²) in [6.07, 6.45) is 0.217. The van der Waals surface area contributed by atoms with Crippen LogP contribution in [0.15, 0.2) is 73.1 Å². The van der Waals surface area contributed by atoms with Gasteiger partial charge < -0.3 is 24.8 Å². The SMILES string of the molecule is CC(C)Oc1ccc(-c2cc(O[C@@H]3C[C@H]4C(=O)N[C@]5(C(=O)NS(=O)(=O)C6(C)CC6)C[C@H]5/C=C\CC[C@H](C)C[C@@H](C)[C@H](N(C(=O)O)C(C)(C)C(F)(F)F)C(=O)N4C3)cc(-c3cccnc3)n2)cc1. The average Bonchev–Trinajstić information content (AvgIpc) is 4.13. The lowest BCUT2D eigenvalue weighted by molar-refractivity contribution is -0.222. The number of carbonyl (C=O) groups excluding carboxylic acids is 3. The number of rotatable bonds is 11. The molecular formula is C48H59F3N6O9S. The predicted octanol–water partition coefficient (Wildman–Crippen LogP) is 7.52. The molecule has 0 radical (unpaired) electrons. The summed E-state index contributed by atoms with van der Waals surface area (Å²) in [5.74, 6) is -3.78. The predicted molar refractivity (Wildman–Crippen MR) is 242 cm³/mol. The van der Waals surface area contributed by atoms with E-state index < -0.39 is 85.9 Å². The smallest absolute Gasteiger partial charge is 0.411 e. The molecule has 15 nitrogen and oxygen atoms in total. The highest BCUT2D eigenvalue weighted by Crippen LogP contribution is 2.48. The molecule has 3 fully saturated rings. The average molecular weight is 953 g/mol. The number of allylic oxidation sites excluding steroid dienone is 1. The van der Waals surface area contributed by atoms with Crippen molar-refractivity contribution >= 4 is 33.8 Å². The highest BCUT2D eigenvalue weighted by Gasteiger charge is 2.64. The van der Waals surface area contributed by atoms with Crippen LogP contribution < -0.4 is 19.5 Å². The largest absolute Gasteiger partial charge is 0.491 e. The van der Waals surface area contributed by atoms with Crippen LogP contribution in [0.3, 0.4) is 0 Å². The van der Waals surface area contributed by atoms with Gasteiger partial charge >= 0.3 is 12.3 Å². The van der Waals surface area contributed by atoms with Crippen LogP contribution in [0.25, 0.3) is 22.5 Å². The number of nitrogens with zero attached hydrogens (tertiary/aromatic N) is 4. The highest BCUT2D eigenvalue weighted by atomic mass is 32.2. The van der Waals surface area contributed by atoms with E-state index in [4.69, 9.17) is 14.5 Å². The Bertz CT molecular complexity index is 2500. The van der Waals surface area contributed by atoms with Gasteiger partial charge in [-0.15, -0.1) is 0 Å². The van der Waals surface area contributed by atoms with Gasteiger partial charge in [-0.2, -0.15) is 13.2 Å². The maximum absolute atomic E-state index is 15.2. The fourth-order valence-corrected chi connectivity index (χ4v) is 10.4. The molecule has 7 atom stereocenters. The van der Waals surface area contributed by atoms with E-state index in [1.165, 1.54) is 13.8 Å². The number of nitrogens with one attached hydrogen (secondary N) is 2. The number of hydrogen-bond donors (Lipinski definition) is 3. The Morgan fingerprint density at radius 2 is 1.69 bits per heavy atom. The van der Waals surface area contributed by atoms with Crippen molar-refractivity contribution in [1.29, 1.82) is 0 Å². The van der Waals surface area contributed by atoms with Crippen LogP contribution >= 0.6 is 0 Å². The van der Waals surface area contributed by atoms with Gasteiger partial charge in [-0.05, 0) is 121 Å². The molecule has 4 heterocycles. The lowest BCUT2D eigenvalue weighted by Crippen LogP contribution is -2.66. The normalized spacial score (nSPS) is 27.1. The van der Waals surface area contributed by atoms with Crippen molar-refractivity contribution in [3.05, 3.63) is 73.1 Å². The summed E-state index contributed by atoms with van der Waals surface area (Å²) in [6.45, 7) is 9.75. The molecule has 1 aromatic carbocycles. The minimum Gasteiger partial charge on any atom is -0.491 e. The van der Waals surface area contributed by atoms with Crippen molar-refractivity contribution in [3.63, 3.8) is 0 Å². The topological polar surface area (TPSA) is 197 Å². The van der Waals surface area contributed by atoms with Gasteiger partial charge in [-0.1, -0.05) is 26.0 Å². The lowest BCUT2D eigenvalue weighted by atomic mass is 9.85. The summed E-state index contributed by atoms with van der Waals surface area (Å²) >= 11 is 0. The second-order valence-corrected chi connectivity index (χ2v) is 21.8. The molecule has 0 bridgehead atoms. The molecule has 0 spiro atoms. The maximum atomic E-state index is 15.2. The third-order valence-electron chi connectivity index (χ3n) is 13.6. The molecule has 2 aliphatic carbocycles. The number of hydrogen-bond acceptors (Lipinski definition) is 10. The molecule has 3 aromatic rings. The van der Waals surface area contributed by atoms with E-state index in [-0.39, 0.29) is 48.5 Å². The second-order valence-electron chi connectivity index (χ2n) is 19.6. The van der Waals surface area contributed by atoms with Crippen molar-refractivity contribution in [1.82, 2.24) is 29.8 Å². The fraction of sp³-hybridized carbons (Fsp3) is 0.542. The number of aromatic nitrogens is 2. The number of pyridine rings is 2. The summed E-state index contributed by atoms with van der Waals surface area (Å²) in [7, 11) is -4.15. The molecule has 19 heteroatoms. The highest BCUT2D eigenvalue weighted by molar-refractivity contribution is 7.91. The molecular weight excluding hydrogens is 894 g/mol. The zero-order valence-corrected chi connectivity index (χ0v) is 39.5. The molecule has 67 heavy (non-hydrogen) atoms. The molecule has 4 amide bonds. The van der Waals surface area contributed by atoms with Crippen LogP contribution in [-0.4, -0.2) is 110 Å². The first-order valence-electron chi connectivity index (χ1n) is 22.7. The molecule has 362 valence electrons. The van der Waals surface area contributed by atoms with Gasteiger partial charge in [0.15, 0.2) is 0 Å². The number of sulfonamides is 1. The number of carbonyl (C=O) groups is 4. The molecule has 2 aliphatic heterocycles. The number of amides is 4. The quantitative estimate of drug-likeness (QED) is 0.161. The summed E-state index contributed by atoms with van der Waals surface area (Å²) in [5, 5.41) is 13.4. The van der Waals surface area contributed by atoms with E-state index in [2.05, 4.69) is 15.0 Å². The van der Waals surface area contributed by atoms with Gasteiger partial charge in [-0.3, -0.25) is 29.0 Å². The Morgan fingerprint density at radius 3 is 2.28 bits per heavy atom. The summed E-state index contributed by atoms with van der Waals surface area (Å²) in [4.78, 5) is 67.6. The Hall–Kier alpha value is -5.72. The van der Waals surface area contributed by atoms with Crippen LogP contribution in [0.2, 0.25) is 0 Å². The molecule has 0 unspecified atom stereocenters. The molecule has 2 saturated carbocycles. The summed E-state index contributed by atoms with van der Waals surface area (Å²) in [6, 6.07) is 10.7. The van der Waals surface area contributed by atoms with Crippen molar-refractivity contribution in [2.45, 2.75) is 140 Å². The third-order valence-corrected chi connectivity index (χ3v) is 15.7. The molecule has 4 aliphatic rings.